The second-order valence-corrected chi connectivity index (χ2v) is 3.48. The van der Waals surface area contributed by atoms with Gasteiger partial charge in [0.05, 0.1) is 11.4 Å². The largest absolute Gasteiger partial charge is 0.298 e. The summed E-state index contributed by atoms with van der Waals surface area (Å²) >= 11 is 0. The van der Waals surface area contributed by atoms with Gasteiger partial charge in [-0.25, -0.2) is 0 Å². The molecule has 0 aliphatic rings. The Bertz CT molecular complexity index is 451. The fourth-order valence-electron chi connectivity index (χ4n) is 1.50. The van der Waals surface area contributed by atoms with Gasteiger partial charge in [-0.1, -0.05) is 60.7 Å². The first-order valence-electron chi connectivity index (χ1n) is 5.07. The Kier molecular flexibility index (Phi) is 2.92. The molecule has 0 bridgehead atoms. The maximum Gasteiger partial charge on any atom is 0.0867 e. The van der Waals surface area contributed by atoms with Crippen LogP contribution in [0.3, 0.4) is 0 Å². The number of rotatable bonds is 3. The Morgan fingerprint density at radius 1 is 0.562 bits per heavy atom. The molecule has 0 aliphatic carbocycles. The average Bonchev–Trinajstić information content (AvgIpc) is 2.39. The molecule has 0 atom stereocenters. The van der Waals surface area contributed by atoms with Crippen LogP contribution in [-0.2, 0) is 0 Å². The fraction of sp³-hybridized carbons (Fsp3) is 0. The minimum absolute atomic E-state index is 0.256. The van der Waals surface area contributed by atoms with Crippen molar-refractivity contribution in [1.82, 2.24) is 0 Å². The van der Waals surface area contributed by atoms with E-state index in [0.717, 1.165) is 11.1 Å². The molecule has 2 aromatic rings. The van der Waals surface area contributed by atoms with Crippen LogP contribution in [0.2, 0.25) is 0 Å². The second-order valence-electron chi connectivity index (χ2n) is 3.48. The van der Waals surface area contributed by atoms with Crippen LogP contribution in [0.4, 0.5) is 0 Å². The van der Waals surface area contributed by atoms with Crippen molar-refractivity contribution in [1.29, 1.82) is 10.8 Å². The van der Waals surface area contributed by atoms with Gasteiger partial charge < -0.3 is 0 Å². The van der Waals surface area contributed by atoms with Crippen LogP contribution in [0.25, 0.3) is 0 Å². The van der Waals surface area contributed by atoms with Gasteiger partial charge in [0, 0.05) is 11.1 Å². The summed E-state index contributed by atoms with van der Waals surface area (Å²) < 4.78 is 0. The maximum absolute atomic E-state index is 7.95. The van der Waals surface area contributed by atoms with Crippen LogP contribution in [0, 0.1) is 10.8 Å². The van der Waals surface area contributed by atoms with Gasteiger partial charge in [0.2, 0.25) is 0 Å². The summed E-state index contributed by atoms with van der Waals surface area (Å²) in [5, 5.41) is 15.9. The summed E-state index contributed by atoms with van der Waals surface area (Å²) in [6.45, 7) is 0. The van der Waals surface area contributed by atoms with Gasteiger partial charge in [-0.2, -0.15) is 0 Å². The van der Waals surface area contributed by atoms with Gasteiger partial charge in [0.25, 0.3) is 0 Å². The highest BCUT2D eigenvalue weighted by molar-refractivity contribution is 6.51. The fourth-order valence-corrected chi connectivity index (χ4v) is 1.50. The molecular formula is C14H12N2. The summed E-state index contributed by atoms with van der Waals surface area (Å²) in [4.78, 5) is 0. The molecule has 0 aromatic heterocycles. The Labute approximate surface area is 94.6 Å². The molecule has 0 amide bonds. The lowest BCUT2D eigenvalue weighted by molar-refractivity contribution is 1.45. The molecule has 0 unspecified atom stereocenters. The highest BCUT2D eigenvalue weighted by atomic mass is 14.5. The van der Waals surface area contributed by atoms with Crippen molar-refractivity contribution in [2.75, 3.05) is 0 Å². The molecule has 78 valence electrons. The van der Waals surface area contributed by atoms with Crippen molar-refractivity contribution in [3.63, 3.8) is 0 Å². The summed E-state index contributed by atoms with van der Waals surface area (Å²) in [7, 11) is 0. The zero-order valence-electron chi connectivity index (χ0n) is 8.77. The van der Waals surface area contributed by atoms with E-state index in [4.69, 9.17) is 10.8 Å². The van der Waals surface area contributed by atoms with Crippen LogP contribution in [0.1, 0.15) is 11.1 Å². The van der Waals surface area contributed by atoms with E-state index in [-0.39, 0.29) is 11.4 Å². The highest BCUT2D eigenvalue weighted by Crippen LogP contribution is 2.07. The third-order valence-electron chi connectivity index (χ3n) is 2.37. The summed E-state index contributed by atoms with van der Waals surface area (Å²) in [6, 6.07) is 18.7. The molecular weight excluding hydrogens is 196 g/mol. The molecule has 0 saturated carbocycles. The molecule has 2 N–H and O–H groups in total. The second kappa shape index (κ2) is 4.53. The number of benzene rings is 2. The van der Waals surface area contributed by atoms with Crippen LogP contribution in [0.15, 0.2) is 60.7 Å². The van der Waals surface area contributed by atoms with E-state index in [1.807, 2.05) is 60.7 Å². The minimum atomic E-state index is 0.256. The quantitative estimate of drug-likeness (QED) is 0.728. The normalized spacial score (nSPS) is 9.75. The highest BCUT2D eigenvalue weighted by Gasteiger charge is 2.08. The van der Waals surface area contributed by atoms with Crippen molar-refractivity contribution < 1.29 is 0 Å². The van der Waals surface area contributed by atoms with E-state index in [2.05, 4.69) is 0 Å². The predicted molar refractivity (Wildman–Crippen MR) is 66.5 cm³/mol. The van der Waals surface area contributed by atoms with Gasteiger partial charge in [0.1, 0.15) is 0 Å². The lowest BCUT2D eigenvalue weighted by Crippen LogP contribution is -2.14. The first kappa shape index (κ1) is 10.3. The zero-order valence-corrected chi connectivity index (χ0v) is 8.77. The number of hydrogen-bond acceptors (Lipinski definition) is 2. The molecule has 0 fully saturated rings. The molecule has 0 aliphatic heterocycles. The molecule has 2 rings (SSSR count). The van der Waals surface area contributed by atoms with Gasteiger partial charge in [-0.05, 0) is 0 Å². The van der Waals surface area contributed by atoms with Crippen molar-refractivity contribution in [3.05, 3.63) is 71.8 Å². The topological polar surface area (TPSA) is 47.7 Å². The average molecular weight is 208 g/mol. The predicted octanol–water partition coefficient (Wildman–Crippen LogP) is 3.12. The van der Waals surface area contributed by atoms with Crippen molar-refractivity contribution >= 4 is 11.4 Å². The lowest BCUT2D eigenvalue weighted by Gasteiger charge is -2.05. The summed E-state index contributed by atoms with van der Waals surface area (Å²) in [5.74, 6) is 0. The monoisotopic (exact) mass is 208 g/mol. The summed E-state index contributed by atoms with van der Waals surface area (Å²) in [5.41, 5.74) is 2.06. The van der Waals surface area contributed by atoms with Crippen LogP contribution in [-0.4, -0.2) is 11.4 Å². The standard InChI is InChI=1S/C14H12N2/c15-13(11-7-3-1-4-8-11)14(16)12-9-5-2-6-10-12/h1-10,15-16H. The van der Waals surface area contributed by atoms with Gasteiger partial charge in [0.15, 0.2) is 0 Å². The van der Waals surface area contributed by atoms with Gasteiger partial charge >= 0.3 is 0 Å². The molecule has 16 heavy (non-hydrogen) atoms. The van der Waals surface area contributed by atoms with E-state index < -0.39 is 0 Å². The smallest absolute Gasteiger partial charge is 0.0867 e. The van der Waals surface area contributed by atoms with Crippen LogP contribution >= 0.6 is 0 Å². The first-order chi connectivity index (χ1) is 7.79. The van der Waals surface area contributed by atoms with E-state index in [9.17, 15) is 0 Å². The third kappa shape index (κ3) is 2.06. The molecule has 2 heteroatoms. The third-order valence-corrected chi connectivity index (χ3v) is 2.37. The Balaban J connectivity index is 2.28. The Hall–Kier alpha value is -2.22. The van der Waals surface area contributed by atoms with Crippen LogP contribution in [0.5, 0.6) is 0 Å². The zero-order chi connectivity index (χ0) is 11.4. The van der Waals surface area contributed by atoms with Crippen molar-refractivity contribution in [2.45, 2.75) is 0 Å². The van der Waals surface area contributed by atoms with E-state index >= 15 is 0 Å². The Morgan fingerprint density at radius 2 is 0.875 bits per heavy atom. The van der Waals surface area contributed by atoms with Crippen LogP contribution < -0.4 is 0 Å². The molecule has 2 aromatic carbocycles. The van der Waals surface area contributed by atoms with E-state index in [0.29, 0.717) is 0 Å². The molecule has 0 heterocycles. The molecule has 0 saturated heterocycles. The maximum atomic E-state index is 7.95. The lowest BCUT2D eigenvalue weighted by atomic mass is 10.0. The number of nitrogens with one attached hydrogen (secondary N) is 2. The molecule has 0 spiro atoms. The molecule has 2 nitrogen and oxygen atoms in total. The van der Waals surface area contributed by atoms with Gasteiger partial charge in [-0.3, -0.25) is 10.8 Å². The van der Waals surface area contributed by atoms with E-state index in [1.54, 1.807) is 0 Å². The first-order valence-corrected chi connectivity index (χ1v) is 5.07. The van der Waals surface area contributed by atoms with Gasteiger partial charge in [-0.15, -0.1) is 0 Å². The van der Waals surface area contributed by atoms with Crippen molar-refractivity contribution in [2.24, 2.45) is 0 Å². The van der Waals surface area contributed by atoms with Crippen molar-refractivity contribution in [3.8, 4) is 0 Å². The molecule has 0 radical (unpaired) electrons. The van der Waals surface area contributed by atoms with E-state index in [1.165, 1.54) is 0 Å². The minimum Gasteiger partial charge on any atom is -0.298 e. The SMILES string of the molecule is N=C(C(=N)c1ccccc1)c1ccccc1. The summed E-state index contributed by atoms with van der Waals surface area (Å²) in [6.07, 6.45) is 0. The number of hydrogen-bond donors (Lipinski definition) is 2. The Morgan fingerprint density at radius 3 is 1.19 bits per heavy atom.